The molecular formula is C19H19N5. The number of benzene rings is 2. The van der Waals surface area contributed by atoms with Gasteiger partial charge in [0.2, 0.25) is 5.95 Å². The normalized spacial score (nSPS) is 11.2. The molecule has 2 aromatic carbocycles. The lowest BCUT2D eigenvalue weighted by molar-refractivity contribution is 0.894. The zero-order valence-electron chi connectivity index (χ0n) is 13.8. The molecule has 0 aliphatic heterocycles. The zero-order valence-corrected chi connectivity index (χ0v) is 13.8. The van der Waals surface area contributed by atoms with Gasteiger partial charge in [0.1, 0.15) is 5.82 Å². The smallest absolute Gasteiger partial charge is 0.211 e. The lowest BCUT2D eigenvalue weighted by atomic mass is 10.1. The molecule has 0 atom stereocenters. The highest BCUT2D eigenvalue weighted by molar-refractivity contribution is 5.92. The predicted octanol–water partition coefficient (Wildman–Crippen LogP) is 3.76. The molecule has 0 unspecified atom stereocenters. The fourth-order valence-electron chi connectivity index (χ4n) is 2.87. The van der Waals surface area contributed by atoms with Gasteiger partial charge < -0.3 is 5.32 Å². The van der Waals surface area contributed by atoms with Crippen LogP contribution in [0.15, 0.2) is 48.5 Å². The fraction of sp³-hybridized carbons (Fsp3) is 0.211. The summed E-state index contributed by atoms with van der Waals surface area (Å²) >= 11 is 0. The van der Waals surface area contributed by atoms with Crippen LogP contribution in [0.3, 0.4) is 0 Å². The summed E-state index contributed by atoms with van der Waals surface area (Å²) in [6.07, 6.45) is 0.806. The van der Waals surface area contributed by atoms with Crippen molar-refractivity contribution in [2.24, 2.45) is 0 Å². The average Bonchev–Trinajstić information content (AvgIpc) is 3.05. The number of aromatic nitrogens is 4. The van der Waals surface area contributed by atoms with Crippen molar-refractivity contribution in [1.82, 2.24) is 19.6 Å². The first-order valence-electron chi connectivity index (χ1n) is 8.18. The molecule has 0 spiro atoms. The fourth-order valence-corrected chi connectivity index (χ4v) is 2.87. The Hall–Kier alpha value is -2.95. The predicted molar refractivity (Wildman–Crippen MR) is 96.2 cm³/mol. The Morgan fingerprint density at radius 2 is 1.79 bits per heavy atom. The van der Waals surface area contributed by atoms with E-state index in [1.54, 1.807) is 0 Å². The highest BCUT2D eigenvalue weighted by Gasteiger charge is 2.13. The topological polar surface area (TPSA) is 55.1 Å². The highest BCUT2D eigenvalue weighted by atomic mass is 15.3. The molecular weight excluding hydrogens is 298 g/mol. The molecule has 2 aromatic heterocycles. The molecule has 0 saturated heterocycles. The molecule has 1 N–H and O–H groups in total. The summed E-state index contributed by atoms with van der Waals surface area (Å²) in [5, 5.41) is 13.2. The van der Waals surface area contributed by atoms with Crippen LogP contribution in [0.1, 0.15) is 23.9 Å². The summed E-state index contributed by atoms with van der Waals surface area (Å²) in [7, 11) is 0. The van der Waals surface area contributed by atoms with Gasteiger partial charge in [-0.25, -0.2) is 9.38 Å². The van der Waals surface area contributed by atoms with Crippen LogP contribution in [0.5, 0.6) is 0 Å². The molecule has 0 fully saturated rings. The molecule has 0 saturated carbocycles. The third kappa shape index (κ3) is 2.48. The van der Waals surface area contributed by atoms with Crippen LogP contribution >= 0.6 is 0 Å². The van der Waals surface area contributed by atoms with Gasteiger partial charge in [-0.2, -0.15) is 0 Å². The van der Waals surface area contributed by atoms with E-state index >= 15 is 0 Å². The van der Waals surface area contributed by atoms with E-state index in [4.69, 9.17) is 4.98 Å². The van der Waals surface area contributed by atoms with Crippen LogP contribution in [-0.2, 0) is 13.0 Å². The molecule has 0 bridgehead atoms. The van der Waals surface area contributed by atoms with E-state index in [1.165, 1.54) is 11.1 Å². The summed E-state index contributed by atoms with van der Waals surface area (Å²) in [5.41, 5.74) is 4.25. The Labute approximate surface area is 140 Å². The molecule has 0 radical (unpaired) electrons. The second-order valence-electron chi connectivity index (χ2n) is 5.92. The minimum Gasteiger partial charge on any atom is -0.351 e. The third-order valence-corrected chi connectivity index (χ3v) is 4.20. The summed E-state index contributed by atoms with van der Waals surface area (Å²) in [6.45, 7) is 4.88. The molecule has 0 aliphatic carbocycles. The lowest BCUT2D eigenvalue weighted by Gasteiger charge is -2.11. The van der Waals surface area contributed by atoms with E-state index in [-0.39, 0.29) is 0 Å². The minimum absolute atomic E-state index is 0.710. The van der Waals surface area contributed by atoms with Crippen molar-refractivity contribution in [1.29, 1.82) is 0 Å². The first-order chi connectivity index (χ1) is 11.8. The Kier molecular flexibility index (Phi) is 3.61. The summed E-state index contributed by atoms with van der Waals surface area (Å²) in [6, 6.07) is 16.5. The van der Waals surface area contributed by atoms with Crippen molar-refractivity contribution in [3.63, 3.8) is 0 Å². The van der Waals surface area contributed by atoms with E-state index in [0.29, 0.717) is 6.54 Å². The molecule has 120 valence electrons. The molecule has 24 heavy (non-hydrogen) atoms. The van der Waals surface area contributed by atoms with Crippen LogP contribution in [0.2, 0.25) is 0 Å². The standard InChI is InChI=1S/C19H19N5/c1-3-17-22-23-18-15-6-4-5-7-16(15)21-19(24(17)18)20-12-14-10-8-13(2)9-11-14/h4-11H,3,12H2,1-2H3,(H,20,21). The third-order valence-electron chi connectivity index (χ3n) is 4.20. The maximum atomic E-state index is 4.79. The highest BCUT2D eigenvalue weighted by Crippen LogP contribution is 2.22. The van der Waals surface area contributed by atoms with E-state index in [2.05, 4.69) is 53.6 Å². The van der Waals surface area contributed by atoms with Crippen molar-refractivity contribution < 1.29 is 0 Å². The quantitative estimate of drug-likeness (QED) is 0.622. The SMILES string of the molecule is CCc1nnc2c3ccccc3nc(NCc3ccc(C)cc3)n12. The van der Waals surface area contributed by atoms with Crippen LogP contribution in [0.4, 0.5) is 5.95 Å². The number of hydrogen-bond donors (Lipinski definition) is 1. The second kappa shape index (κ2) is 5.92. The van der Waals surface area contributed by atoms with Crippen molar-refractivity contribution in [2.75, 3.05) is 5.32 Å². The maximum absolute atomic E-state index is 4.79. The van der Waals surface area contributed by atoms with Gasteiger partial charge in [0.15, 0.2) is 5.65 Å². The van der Waals surface area contributed by atoms with E-state index < -0.39 is 0 Å². The maximum Gasteiger partial charge on any atom is 0.211 e. The summed E-state index contributed by atoms with van der Waals surface area (Å²) in [5.74, 6) is 1.70. The van der Waals surface area contributed by atoms with E-state index in [0.717, 1.165) is 34.7 Å². The Balaban J connectivity index is 1.79. The minimum atomic E-state index is 0.710. The molecule has 5 heteroatoms. The first-order valence-corrected chi connectivity index (χ1v) is 8.18. The van der Waals surface area contributed by atoms with Crippen molar-refractivity contribution in [3.8, 4) is 0 Å². The van der Waals surface area contributed by atoms with Crippen LogP contribution in [0, 0.1) is 6.92 Å². The number of rotatable bonds is 4. The molecule has 2 heterocycles. The van der Waals surface area contributed by atoms with Crippen LogP contribution < -0.4 is 5.32 Å². The molecule has 5 nitrogen and oxygen atoms in total. The van der Waals surface area contributed by atoms with Gasteiger partial charge in [-0.15, -0.1) is 10.2 Å². The van der Waals surface area contributed by atoms with Crippen molar-refractivity contribution in [2.45, 2.75) is 26.8 Å². The molecule has 0 aliphatic rings. The number of aryl methyl sites for hydroxylation is 2. The second-order valence-corrected chi connectivity index (χ2v) is 5.92. The number of fused-ring (bicyclic) bond motifs is 3. The number of para-hydroxylation sites is 1. The number of nitrogens with one attached hydrogen (secondary N) is 1. The van der Waals surface area contributed by atoms with Gasteiger partial charge in [-0.3, -0.25) is 0 Å². The number of hydrogen-bond acceptors (Lipinski definition) is 4. The van der Waals surface area contributed by atoms with Gasteiger partial charge in [-0.1, -0.05) is 48.9 Å². The Morgan fingerprint density at radius 3 is 2.58 bits per heavy atom. The molecule has 4 rings (SSSR count). The first kappa shape index (κ1) is 14.6. The summed E-state index contributed by atoms with van der Waals surface area (Å²) in [4.78, 5) is 4.79. The number of anilines is 1. The van der Waals surface area contributed by atoms with Gasteiger partial charge >= 0.3 is 0 Å². The zero-order chi connectivity index (χ0) is 16.5. The van der Waals surface area contributed by atoms with Crippen molar-refractivity contribution >= 4 is 22.5 Å². The average molecular weight is 317 g/mol. The number of nitrogens with zero attached hydrogens (tertiary/aromatic N) is 4. The van der Waals surface area contributed by atoms with E-state index in [9.17, 15) is 0 Å². The monoisotopic (exact) mass is 317 g/mol. The van der Waals surface area contributed by atoms with Gasteiger partial charge in [0.05, 0.1) is 5.52 Å². The van der Waals surface area contributed by atoms with Crippen molar-refractivity contribution in [3.05, 3.63) is 65.5 Å². The Morgan fingerprint density at radius 1 is 1.00 bits per heavy atom. The van der Waals surface area contributed by atoms with Crippen LogP contribution in [-0.4, -0.2) is 19.6 Å². The summed E-state index contributed by atoms with van der Waals surface area (Å²) < 4.78 is 2.02. The van der Waals surface area contributed by atoms with Gasteiger partial charge in [0.25, 0.3) is 0 Å². The van der Waals surface area contributed by atoms with Gasteiger partial charge in [-0.05, 0) is 24.6 Å². The Bertz CT molecular complexity index is 1000. The molecule has 0 amide bonds. The van der Waals surface area contributed by atoms with Crippen LogP contribution in [0.25, 0.3) is 16.6 Å². The lowest BCUT2D eigenvalue weighted by Crippen LogP contribution is -2.09. The molecule has 4 aromatic rings. The largest absolute Gasteiger partial charge is 0.351 e. The van der Waals surface area contributed by atoms with Gasteiger partial charge in [0, 0.05) is 18.4 Å². The van der Waals surface area contributed by atoms with E-state index in [1.807, 2.05) is 28.7 Å².